The van der Waals surface area contributed by atoms with Crippen LogP contribution >= 0.6 is 0 Å². The second kappa shape index (κ2) is 16.0. The molecule has 0 radical (unpaired) electrons. The second-order valence-corrected chi connectivity index (χ2v) is 5.03. The molecule has 5 heteroatoms. The summed E-state index contributed by atoms with van der Waals surface area (Å²) in [5.74, 6) is -1.79. The summed E-state index contributed by atoms with van der Waals surface area (Å²) in [5.41, 5.74) is 0. The van der Waals surface area contributed by atoms with E-state index in [0.717, 1.165) is 19.3 Å². The molecule has 20 heavy (non-hydrogen) atoms. The Balaban J connectivity index is 0. The molecule has 0 heterocycles. The van der Waals surface area contributed by atoms with Crippen molar-refractivity contribution in [2.45, 2.75) is 84.2 Å². The molecule has 0 bridgehead atoms. The Morgan fingerprint density at radius 3 is 1.85 bits per heavy atom. The fraction of sp³-hybridized carbons (Fsp3) is 0.867. The van der Waals surface area contributed by atoms with Gasteiger partial charge in [-0.15, -0.1) is 0 Å². The first-order valence-electron chi connectivity index (χ1n) is 7.48. The largest absolute Gasteiger partial charge is 1.00 e. The summed E-state index contributed by atoms with van der Waals surface area (Å²) in [4.78, 5) is 21.6. The van der Waals surface area contributed by atoms with Crippen LogP contribution in [0.1, 0.15) is 78.1 Å². The summed E-state index contributed by atoms with van der Waals surface area (Å²) < 4.78 is 4.68. The normalized spacial score (nSPS) is 11.5. The molecular weight excluding hydrogens is 283 g/mol. The molecule has 0 aliphatic rings. The van der Waals surface area contributed by atoms with Crippen molar-refractivity contribution < 1.29 is 70.8 Å². The van der Waals surface area contributed by atoms with Crippen molar-refractivity contribution in [3.05, 3.63) is 0 Å². The Hall–Kier alpha value is 0.576. The molecule has 1 atom stereocenters. The van der Waals surface area contributed by atoms with Gasteiger partial charge in [0, 0.05) is 6.42 Å². The number of unbranched alkanes of at least 4 members (excludes halogenated alkanes) is 8. The molecule has 0 aromatic heterocycles. The molecule has 0 amide bonds. The summed E-state index contributed by atoms with van der Waals surface area (Å²) in [7, 11) is 0. The SMILES string of the molecule is CCCCCCCCCCCC(=O)OC(C)C(=O)[O-].[K+]. The van der Waals surface area contributed by atoms with E-state index in [4.69, 9.17) is 0 Å². The summed E-state index contributed by atoms with van der Waals surface area (Å²) in [6.07, 6.45) is 9.77. The number of hydrogen-bond acceptors (Lipinski definition) is 4. The number of aliphatic carboxylic acids is 1. The fourth-order valence-corrected chi connectivity index (χ4v) is 1.88. The van der Waals surface area contributed by atoms with Gasteiger partial charge in [-0.05, 0) is 13.3 Å². The molecule has 0 saturated carbocycles. The molecule has 0 aromatic rings. The number of carbonyl (C=O) groups excluding carboxylic acids is 2. The van der Waals surface area contributed by atoms with Crippen molar-refractivity contribution in [2.24, 2.45) is 0 Å². The van der Waals surface area contributed by atoms with Crippen LogP contribution in [0.2, 0.25) is 0 Å². The molecule has 112 valence electrons. The maximum atomic E-state index is 11.3. The maximum Gasteiger partial charge on any atom is 1.00 e. The van der Waals surface area contributed by atoms with Crippen LogP contribution in [0.4, 0.5) is 0 Å². The van der Waals surface area contributed by atoms with Crippen LogP contribution in [0.25, 0.3) is 0 Å². The van der Waals surface area contributed by atoms with Gasteiger partial charge in [0.1, 0.15) is 6.10 Å². The number of esters is 1. The minimum Gasteiger partial charge on any atom is -0.546 e. The van der Waals surface area contributed by atoms with Gasteiger partial charge in [0.2, 0.25) is 0 Å². The van der Waals surface area contributed by atoms with Crippen LogP contribution < -0.4 is 56.5 Å². The predicted molar refractivity (Wildman–Crippen MR) is 72.4 cm³/mol. The third-order valence-corrected chi connectivity index (χ3v) is 3.12. The Morgan fingerprint density at radius 2 is 1.40 bits per heavy atom. The number of hydrogen-bond donors (Lipinski definition) is 0. The Morgan fingerprint density at radius 1 is 0.950 bits per heavy atom. The molecule has 1 unspecified atom stereocenters. The zero-order valence-electron chi connectivity index (χ0n) is 13.3. The molecule has 0 fully saturated rings. The minimum atomic E-state index is -1.35. The van der Waals surface area contributed by atoms with Gasteiger partial charge < -0.3 is 14.6 Å². The summed E-state index contributed by atoms with van der Waals surface area (Å²) in [6, 6.07) is 0. The number of carboxylic acid groups (broad SMARTS) is 1. The van der Waals surface area contributed by atoms with Gasteiger partial charge in [0.15, 0.2) is 0 Å². The predicted octanol–water partition coefficient (Wildman–Crippen LogP) is -0.407. The van der Waals surface area contributed by atoms with Crippen molar-refractivity contribution >= 4 is 11.9 Å². The second-order valence-electron chi connectivity index (χ2n) is 5.03. The molecule has 0 rings (SSSR count). The van der Waals surface area contributed by atoms with E-state index in [1.165, 1.54) is 45.4 Å². The monoisotopic (exact) mass is 310 g/mol. The van der Waals surface area contributed by atoms with Gasteiger partial charge in [-0.25, -0.2) is 0 Å². The number of carbonyl (C=O) groups is 2. The quantitative estimate of drug-likeness (QED) is 0.279. The van der Waals surface area contributed by atoms with Crippen LogP contribution in [0.15, 0.2) is 0 Å². The van der Waals surface area contributed by atoms with Crippen molar-refractivity contribution in [3.8, 4) is 0 Å². The Kier molecular flexibility index (Phi) is 18.2. The first-order chi connectivity index (χ1) is 9.07. The van der Waals surface area contributed by atoms with E-state index in [2.05, 4.69) is 11.7 Å². The first kappa shape index (κ1) is 22.9. The smallest absolute Gasteiger partial charge is 0.546 e. The number of ether oxygens (including phenoxy) is 1. The zero-order chi connectivity index (χ0) is 14.5. The average Bonchev–Trinajstić information content (AvgIpc) is 2.36. The topological polar surface area (TPSA) is 66.4 Å². The number of rotatable bonds is 12. The summed E-state index contributed by atoms with van der Waals surface area (Å²) in [5, 5.41) is 10.4. The van der Waals surface area contributed by atoms with E-state index < -0.39 is 18.0 Å². The molecule has 0 saturated heterocycles. The molecule has 4 nitrogen and oxygen atoms in total. The van der Waals surface area contributed by atoms with Crippen molar-refractivity contribution in [2.75, 3.05) is 0 Å². The molecule has 0 aromatic carbocycles. The van der Waals surface area contributed by atoms with Crippen molar-refractivity contribution in [1.82, 2.24) is 0 Å². The van der Waals surface area contributed by atoms with E-state index in [1.807, 2.05) is 0 Å². The Labute approximate surface area is 165 Å². The van der Waals surface area contributed by atoms with Crippen LogP contribution in [-0.4, -0.2) is 18.0 Å². The summed E-state index contributed by atoms with van der Waals surface area (Å²) in [6.45, 7) is 3.52. The van der Waals surface area contributed by atoms with Crippen LogP contribution in [0.3, 0.4) is 0 Å². The fourth-order valence-electron chi connectivity index (χ4n) is 1.88. The zero-order valence-corrected chi connectivity index (χ0v) is 16.4. The van der Waals surface area contributed by atoms with E-state index in [-0.39, 0.29) is 51.4 Å². The van der Waals surface area contributed by atoms with Gasteiger partial charge in [-0.2, -0.15) is 0 Å². The third-order valence-electron chi connectivity index (χ3n) is 3.12. The van der Waals surface area contributed by atoms with Gasteiger partial charge in [-0.3, -0.25) is 4.79 Å². The summed E-state index contributed by atoms with van der Waals surface area (Å²) >= 11 is 0. The first-order valence-corrected chi connectivity index (χ1v) is 7.48. The van der Waals surface area contributed by atoms with Gasteiger partial charge in [0.05, 0.1) is 5.97 Å². The molecule has 0 aliphatic carbocycles. The van der Waals surface area contributed by atoms with Gasteiger partial charge >= 0.3 is 57.4 Å². The molecule has 0 aliphatic heterocycles. The minimum absolute atomic E-state index is 0. The standard InChI is InChI=1S/C15H28O4.K/c1-3-4-5-6-7-8-9-10-11-12-14(16)19-13(2)15(17)18;/h13H,3-12H2,1-2H3,(H,17,18);/q;+1/p-1. The Bertz CT molecular complexity index is 256. The van der Waals surface area contributed by atoms with Crippen LogP contribution in [0.5, 0.6) is 0 Å². The average molecular weight is 310 g/mol. The van der Waals surface area contributed by atoms with E-state index in [0.29, 0.717) is 6.42 Å². The van der Waals surface area contributed by atoms with E-state index in [1.54, 1.807) is 0 Å². The van der Waals surface area contributed by atoms with E-state index in [9.17, 15) is 14.7 Å². The maximum absolute atomic E-state index is 11.3. The van der Waals surface area contributed by atoms with Crippen LogP contribution in [-0.2, 0) is 14.3 Å². The number of carboxylic acids is 1. The van der Waals surface area contributed by atoms with Gasteiger partial charge in [0.25, 0.3) is 0 Å². The molecule has 0 spiro atoms. The van der Waals surface area contributed by atoms with Crippen molar-refractivity contribution in [1.29, 1.82) is 0 Å². The molecular formula is C15H27KO4. The third kappa shape index (κ3) is 15.0. The van der Waals surface area contributed by atoms with Gasteiger partial charge in [-0.1, -0.05) is 58.3 Å². The van der Waals surface area contributed by atoms with Crippen molar-refractivity contribution in [3.63, 3.8) is 0 Å². The molecule has 0 N–H and O–H groups in total. The van der Waals surface area contributed by atoms with E-state index >= 15 is 0 Å². The van der Waals surface area contributed by atoms with Crippen LogP contribution in [0, 0.1) is 0 Å².